The van der Waals surface area contributed by atoms with Gasteiger partial charge in [0.05, 0.1) is 0 Å². The summed E-state index contributed by atoms with van der Waals surface area (Å²) in [5.41, 5.74) is -2.81. The first kappa shape index (κ1) is 14.8. The van der Waals surface area contributed by atoms with Crippen LogP contribution in [0.3, 0.4) is 0 Å². The van der Waals surface area contributed by atoms with Crippen LogP contribution in [0.1, 0.15) is 11.5 Å². The molecule has 4 rings (SSSR count). The van der Waals surface area contributed by atoms with Gasteiger partial charge in [0.1, 0.15) is 5.52 Å². The van der Waals surface area contributed by atoms with E-state index >= 15 is 0 Å². The number of oxazole rings is 1. The average molecular weight is 332 g/mol. The van der Waals surface area contributed by atoms with E-state index in [1.807, 2.05) is 0 Å². The Morgan fingerprint density at radius 1 is 1.00 bits per heavy atom. The molecule has 0 saturated carbocycles. The number of halogens is 3. The highest BCUT2D eigenvalue weighted by molar-refractivity contribution is 5.84. The number of fused-ring (bicyclic) bond motifs is 2. The number of H-pyrrole nitrogens is 1. The van der Waals surface area contributed by atoms with Crippen LogP contribution in [-0.4, -0.2) is 21.3 Å². The fraction of sp³-hybridized carbons (Fsp3) is 0.118. The monoisotopic (exact) mass is 332 g/mol. The smallest absolute Gasteiger partial charge is 0.430 e. The van der Waals surface area contributed by atoms with Gasteiger partial charge in [-0.1, -0.05) is 30.3 Å². The minimum atomic E-state index is -5.02. The van der Waals surface area contributed by atoms with Crippen LogP contribution in [0.5, 0.6) is 0 Å². The Kier molecular flexibility index (Phi) is 2.98. The SMILES string of the molecule is O[C@@](c1nc2ccccc2o1)(c1c[nH]c2ccccc12)C(F)(F)F. The van der Waals surface area contributed by atoms with Crippen molar-refractivity contribution in [2.24, 2.45) is 0 Å². The first-order valence-corrected chi connectivity index (χ1v) is 7.13. The van der Waals surface area contributed by atoms with E-state index in [-0.39, 0.29) is 22.0 Å². The van der Waals surface area contributed by atoms with Crippen LogP contribution in [0.15, 0.2) is 59.1 Å². The number of para-hydroxylation sites is 3. The molecule has 0 bridgehead atoms. The van der Waals surface area contributed by atoms with Crippen LogP contribution < -0.4 is 0 Å². The van der Waals surface area contributed by atoms with E-state index in [9.17, 15) is 18.3 Å². The summed E-state index contributed by atoms with van der Waals surface area (Å²) in [4.78, 5) is 6.60. The lowest BCUT2D eigenvalue weighted by Crippen LogP contribution is -2.43. The third kappa shape index (κ3) is 1.94. The van der Waals surface area contributed by atoms with Crippen LogP contribution in [0.25, 0.3) is 22.0 Å². The number of aliphatic hydroxyl groups is 1. The van der Waals surface area contributed by atoms with Crippen LogP contribution in [0.4, 0.5) is 13.2 Å². The molecule has 24 heavy (non-hydrogen) atoms. The molecule has 0 amide bonds. The van der Waals surface area contributed by atoms with Crippen molar-refractivity contribution in [3.8, 4) is 0 Å². The van der Waals surface area contributed by atoms with Gasteiger partial charge in [-0.15, -0.1) is 0 Å². The Bertz CT molecular complexity index is 1000. The minimum absolute atomic E-state index is 0.176. The number of alkyl halides is 3. The number of aromatic amines is 1. The minimum Gasteiger partial charge on any atom is -0.437 e. The van der Waals surface area contributed by atoms with Crippen molar-refractivity contribution >= 4 is 22.0 Å². The van der Waals surface area contributed by atoms with E-state index < -0.39 is 17.7 Å². The fourth-order valence-electron chi connectivity index (χ4n) is 2.79. The van der Waals surface area contributed by atoms with E-state index in [2.05, 4.69) is 9.97 Å². The van der Waals surface area contributed by atoms with Gasteiger partial charge >= 0.3 is 6.18 Å². The molecule has 4 aromatic rings. The summed E-state index contributed by atoms with van der Waals surface area (Å²) in [6, 6.07) is 12.7. The quantitative estimate of drug-likeness (QED) is 0.581. The zero-order chi connectivity index (χ0) is 16.9. The summed E-state index contributed by atoms with van der Waals surface area (Å²) in [5.74, 6) is -0.805. The molecule has 0 aliphatic rings. The van der Waals surface area contributed by atoms with Crippen molar-refractivity contribution < 1.29 is 22.7 Å². The van der Waals surface area contributed by atoms with Crippen molar-refractivity contribution in [3.05, 3.63) is 66.2 Å². The molecule has 7 heteroatoms. The summed E-state index contributed by atoms with van der Waals surface area (Å²) in [6.07, 6.45) is -3.88. The van der Waals surface area contributed by atoms with E-state index in [1.54, 1.807) is 30.3 Å². The molecule has 2 aromatic heterocycles. The summed E-state index contributed by atoms with van der Waals surface area (Å²) in [5, 5.41) is 10.9. The highest BCUT2D eigenvalue weighted by Gasteiger charge is 2.61. The summed E-state index contributed by atoms with van der Waals surface area (Å²) >= 11 is 0. The van der Waals surface area contributed by atoms with Crippen molar-refractivity contribution in [3.63, 3.8) is 0 Å². The molecule has 2 heterocycles. The fourth-order valence-corrected chi connectivity index (χ4v) is 2.79. The lowest BCUT2D eigenvalue weighted by molar-refractivity contribution is -0.254. The molecule has 0 unspecified atom stereocenters. The third-order valence-corrected chi connectivity index (χ3v) is 3.99. The Balaban J connectivity index is 2.03. The predicted molar refractivity (Wildman–Crippen MR) is 81.4 cm³/mol. The van der Waals surface area contributed by atoms with E-state index in [1.165, 1.54) is 18.2 Å². The summed E-state index contributed by atoms with van der Waals surface area (Å²) in [7, 11) is 0. The molecule has 4 nitrogen and oxygen atoms in total. The number of aromatic nitrogens is 2. The van der Waals surface area contributed by atoms with E-state index in [0.29, 0.717) is 5.52 Å². The first-order chi connectivity index (χ1) is 11.4. The molecule has 2 N–H and O–H groups in total. The van der Waals surface area contributed by atoms with E-state index in [0.717, 1.165) is 6.20 Å². The molecule has 0 fully saturated rings. The molecular formula is C17H11F3N2O2. The van der Waals surface area contributed by atoms with Gasteiger partial charge in [0, 0.05) is 22.7 Å². The molecule has 0 radical (unpaired) electrons. The van der Waals surface area contributed by atoms with Gasteiger partial charge in [0.15, 0.2) is 5.58 Å². The second-order valence-corrected chi connectivity index (χ2v) is 5.44. The van der Waals surface area contributed by atoms with Gasteiger partial charge in [0.2, 0.25) is 5.89 Å². The molecule has 0 saturated heterocycles. The molecule has 122 valence electrons. The topological polar surface area (TPSA) is 62.1 Å². The standard InChI is InChI=1S/C17H11F3N2O2/c18-17(19,20)16(23,11-9-21-12-6-2-1-5-10(11)12)15-22-13-7-3-4-8-14(13)24-15/h1-9,21,23H/t16-/m1/s1. The first-order valence-electron chi connectivity index (χ1n) is 7.13. The Morgan fingerprint density at radius 2 is 1.71 bits per heavy atom. The van der Waals surface area contributed by atoms with Crippen molar-refractivity contribution in [1.82, 2.24) is 9.97 Å². The number of nitrogens with one attached hydrogen (secondary N) is 1. The maximum atomic E-state index is 13.8. The number of hydrogen-bond acceptors (Lipinski definition) is 3. The van der Waals surface area contributed by atoms with Crippen molar-refractivity contribution in [2.45, 2.75) is 11.8 Å². The lowest BCUT2D eigenvalue weighted by atomic mass is 9.92. The number of benzene rings is 2. The second-order valence-electron chi connectivity index (χ2n) is 5.44. The third-order valence-electron chi connectivity index (χ3n) is 3.99. The predicted octanol–water partition coefficient (Wildman–Crippen LogP) is 4.11. The Morgan fingerprint density at radius 3 is 2.46 bits per heavy atom. The molecular weight excluding hydrogens is 321 g/mol. The number of hydrogen-bond donors (Lipinski definition) is 2. The van der Waals surface area contributed by atoms with Gasteiger partial charge in [0.25, 0.3) is 5.60 Å². The zero-order valence-electron chi connectivity index (χ0n) is 12.1. The Labute approximate surface area is 133 Å². The molecule has 0 aliphatic carbocycles. The van der Waals surface area contributed by atoms with Crippen LogP contribution in [0, 0.1) is 0 Å². The molecule has 0 spiro atoms. The highest BCUT2D eigenvalue weighted by Crippen LogP contribution is 2.46. The second kappa shape index (κ2) is 4.85. The zero-order valence-corrected chi connectivity index (χ0v) is 12.1. The Hall–Kier alpha value is -2.80. The van der Waals surface area contributed by atoms with Gasteiger partial charge in [-0.2, -0.15) is 13.2 Å². The van der Waals surface area contributed by atoms with Crippen molar-refractivity contribution in [2.75, 3.05) is 0 Å². The maximum Gasteiger partial charge on any atom is 0.430 e. The van der Waals surface area contributed by atoms with Crippen LogP contribution in [-0.2, 0) is 5.60 Å². The maximum absolute atomic E-state index is 13.8. The molecule has 0 aliphatic heterocycles. The molecule has 1 atom stereocenters. The largest absolute Gasteiger partial charge is 0.437 e. The normalized spacial score (nSPS) is 15.0. The molecule has 2 aromatic carbocycles. The van der Waals surface area contributed by atoms with E-state index in [4.69, 9.17) is 4.42 Å². The van der Waals surface area contributed by atoms with Crippen LogP contribution >= 0.6 is 0 Å². The van der Waals surface area contributed by atoms with Gasteiger partial charge in [-0.05, 0) is 18.2 Å². The van der Waals surface area contributed by atoms with Crippen molar-refractivity contribution in [1.29, 1.82) is 0 Å². The lowest BCUT2D eigenvalue weighted by Gasteiger charge is -2.27. The van der Waals surface area contributed by atoms with Crippen LogP contribution in [0.2, 0.25) is 0 Å². The highest BCUT2D eigenvalue weighted by atomic mass is 19.4. The number of nitrogens with zero attached hydrogens (tertiary/aromatic N) is 1. The number of rotatable bonds is 2. The summed E-state index contributed by atoms with van der Waals surface area (Å²) < 4.78 is 46.8. The summed E-state index contributed by atoms with van der Waals surface area (Å²) in [6.45, 7) is 0. The van der Waals surface area contributed by atoms with Gasteiger partial charge in [-0.3, -0.25) is 0 Å². The average Bonchev–Trinajstić information content (AvgIpc) is 3.17. The van der Waals surface area contributed by atoms with Gasteiger partial charge in [-0.25, -0.2) is 4.98 Å². The van der Waals surface area contributed by atoms with Gasteiger partial charge < -0.3 is 14.5 Å².